The predicted octanol–water partition coefficient (Wildman–Crippen LogP) is 2.02. The van der Waals surface area contributed by atoms with Crippen molar-refractivity contribution in [3.63, 3.8) is 0 Å². The van der Waals surface area contributed by atoms with Gasteiger partial charge in [0.2, 0.25) is 0 Å². The number of allylic oxidation sites excluding steroid dienone is 2. The van der Waals surface area contributed by atoms with E-state index < -0.39 is 5.41 Å². The monoisotopic (exact) mass is 270 g/mol. The van der Waals surface area contributed by atoms with Crippen LogP contribution < -0.4 is 0 Å². The molecule has 0 aromatic heterocycles. The number of hydrogen-bond acceptors (Lipinski definition) is 4. The summed E-state index contributed by atoms with van der Waals surface area (Å²) in [5.41, 5.74) is -0.500. The lowest BCUT2D eigenvalue weighted by atomic mass is 9.83. The topological polar surface area (TPSA) is 58.9 Å². The van der Waals surface area contributed by atoms with Crippen molar-refractivity contribution in [1.82, 2.24) is 0 Å². The van der Waals surface area contributed by atoms with Crippen LogP contribution >= 0.6 is 0 Å². The van der Waals surface area contributed by atoms with Crippen LogP contribution in [0.3, 0.4) is 0 Å². The van der Waals surface area contributed by atoms with Gasteiger partial charge < -0.3 is 19.7 Å². The fraction of sp³-hybridized carbons (Fsp3) is 0.733. The first-order chi connectivity index (χ1) is 9.26. The zero-order valence-electron chi connectivity index (χ0n) is 11.6. The molecule has 1 heterocycles. The molecule has 2 N–H and O–H groups in total. The van der Waals surface area contributed by atoms with Gasteiger partial charge in [-0.1, -0.05) is 18.2 Å². The lowest BCUT2D eigenvalue weighted by molar-refractivity contribution is -0.155. The quantitative estimate of drug-likeness (QED) is 0.629. The lowest BCUT2D eigenvalue weighted by Gasteiger charge is -2.27. The fourth-order valence-corrected chi connectivity index (χ4v) is 2.10. The van der Waals surface area contributed by atoms with Gasteiger partial charge in [-0.15, -0.1) is 6.58 Å². The first-order valence-corrected chi connectivity index (χ1v) is 6.97. The molecular formula is C15H26O4. The first-order valence-electron chi connectivity index (χ1n) is 6.97. The second kappa shape index (κ2) is 9.26. The van der Waals surface area contributed by atoms with E-state index in [1.807, 2.05) is 12.2 Å². The van der Waals surface area contributed by atoms with Crippen LogP contribution in [0, 0.1) is 5.41 Å². The van der Waals surface area contributed by atoms with Crippen LogP contribution in [-0.4, -0.2) is 42.9 Å². The predicted molar refractivity (Wildman–Crippen MR) is 74.7 cm³/mol. The minimum Gasteiger partial charge on any atom is -0.396 e. The van der Waals surface area contributed by atoms with E-state index >= 15 is 0 Å². The van der Waals surface area contributed by atoms with Crippen LogP contribution in [0.25, 0.3) is 0 Å². The van der Waals surface area contributed by atoms with Crippen LogP contribution in [0.4, 0.5) is 0 Å². The van der Waals surface area contributed by atoms with Crippen molar-refractivity contribution in [1.29, 1.82) is 0 Å². The maximum atomic E-state index is 9.38. The third kappa shape index (κ3) is 5.87. The largest absolute Gasteiger partial charge is 0.396 e. The molecule has 4 heteroatoms. The molecule has 0 aromatic carbocycles. The van der Waals surface area contributed by atoms with Crippen molar-refractivity contribution in [2.45, 2.75) is 38.4 Å². The summed E-state index contributed by atoms with van der Waals surface area (Å²) in [6.07, 6.45) is 9.96. The molecule has 19 heavy (non-hydrogen) atoms. The summed E-state index contributed by atoms with van der Waals surface area (Å²) in [6, 6.07) is 0. The molecule has 0 spiro atoms. The number of hydrogen-bond donors (Lipinski definition) is 2. The summed E-state index contributed by atoms with van der Waals surface area (Å²) >= 11 is 0. The van der Waals surface area contributed by atoms with Gasteiger partial charge in [-0.3, -0.25) is 0 Å². The standard InChI is InChI=1S/C15H26O4/c1-2-8-15(12-16,13-17)9-4-6-11-19-14-7-3-5-10-18-14/h2,4,6,14,16-17H,1,3,5,7-13H2/b6-4+. The average molecular weight is 270 g/mol. The molecule has 1 aliphatic heterocycles. The minimum absolute atomic E-state index is 0.0492. The van der Waals surface area contributed by atoms with E-state index in [2.05, 4.69) is 6.58 Å². The molecule has 1 atom stereocenters. The van der Waals surface area contributed by atoms with Crippen molar-refractivity contribution in [2.75, 3.05) is 26.4 Å². The Morgan fingerprint density at radius 2 is 2.00 bits per heavy atom. The summed E-state index contributed by atoms with van der Waals surface area (Å²) in [5.74, 6) is 0. The number of ether oxygens (including phenoxy) is 2. The van der Waals surface area contributed by atoms with Gasteiger partial charge in [0.1, 0.15) is 0 Å². The van der Waals surface area contributed by atoms with E-state index in [1.54, 1.807) is 6.08 Å². The Labute approximate surface area is 115 Å². The van der Waals surface area contributed by atoms with E-state index in [9.17, 15) is 10.2 Å². The number of rotatable bonds is 9. The zero-order valence-corrected chi connectivity index (χ0v) is 11.6. The van der Waals surface area contributed by atoms with Crippen molar-refractivity contribution >= 4 is 0 Å². The minimum atomic E-state index is -0.500. The van der Waals surface area contributed by atoms with Crippen molar-refractivity contribution in [3.8, 4) is 0 Å². The van der Waals surface area contributed by atoms with Crippen LogP contribution in [0.2, 0.25) is 0 Å². The van der Waals surface area contributed by atoms with E-state index in [0.717, 1.165) is 25.9 Å². The maximum Gasteiger partial charge on any atom is 0.157 e. The molecule has 0 bridgehead atoms. The third-order valence-electron chi connectivity index (χ3n) is 3.48. The second-order valence-electron chi connectivity index (χ2n) is 5.11. The molecule has 0 saturated carbocycles. The highest BCUT2D eigenvalue weighted by atomic mass is 16.7. The van der Waals surface area contributed by atoms with Gasteiger partial charge >= 0.3 is 0 Å². The third-order valence-corrected chi connectivity index (χ3v) is 3.48. The SMILES string of the molecule is C=CCC(CO)(CO)C/C=C/COC1CCCCO1. The Morgan fingerprint density at radius 1 is 1.21 bits per heavy atom. The number of aliphatic hydroxyl groups is 2. The molecule has 1 rings (SSSR count). The van der Waals surface area contributed by atoms with Crippen LogP contribution in [-0.2, 0) is 9.47 Å². The van der Waals surface area contributed by atoms with Crippen LogP contribution in [0.5, 0.6) is 0 Å². The first kappa shape index (κ1) is 16.4. The Hall–Kier alpha value is -0.680. The van der Waals surface area contributed by atoms with Crippen molar-refractivity contribution < 1.29 is 19.7 Å². The highest BCUT2D eigenvalue weighted by Crippen LogP contribution is 2.26. The maximum absolute atomic E-state index is 9.38. The highest BCUT2D eigenvalue weighted by Gasteiger charge is 2.25. The van der Waals surface area contributed by atoms with Gasteiger partial charge in [0, 0.05) is 12.0 Å². The molecule has 1 saturated heterocycles. The number of aliphatic hydroxyl groups excluding tert-OH is 2. The van der Waals surface area contributed by atoms with Crippen LogP contribution in [0.1, 0.15) is 32.1 Å². The van der Waals surface area contributed by atoms with Gasteiger partial charge in [-0.25, -0.2) is 0 Å². The highest BCUT2D eigenvalue weighted by molar-refractivity contribution is 4.94. The normalized spacial score (nSPS) is 20.8. The molecule has 0 aromatic rings. The molecule has 0 aliphatic carbocycles. The second-order valence-corrected chi connectivity index (χ2v) is 5.11. The Bertz CT molecular complexity index is 265. The van der Waals surface area contributed by atoms with Gasteiger partial charge in [0.05, 0.1) is 19.8 Å². The fourth-order valence-electron chi connectivity index (χ4n) is 2.10. The van der Waals surface area contributed by atoms with E-state index in [-0.39, 0.29) is 19.5 Å². The molecule has 110 valence electrons. The summed E-state index contributed by atoms with van der Waals surface area (Å²) in [5, 5.41) is 18.8. The summed E-state index contributed by atoms with van der Waals surface area (Å²) in [7, 11) is 0. The molecule has 4 nitrogen and oxygen atoms in total. The Kier molecular flexibility index (Phi) is 7.98. The zero-order chi connectivity index (χ0) is 14.0. The van der Waals surface area contributed by atoms with E-state index in [1.165, 1.54) is 0 Å². The lowest BCUT2D eigenvalue weighted by Crippen LogP contribution is -2.28. The molecular weight excluding hydrogens is 244 g/mol. The van der Waals surface area contributed by atoms with Crippen molar-refractivity contribution in [2.24, 2.45) is 5.41 Å². The molecule has 0 amide bonds. The van der Waals surface area contributed by atoms with Crippen LogP contribution in [0.15, 0.2) is 24.8 Å². The molecule has 1 fully saturated rings. The molecule has 1 unspecified atom stereocenters. The van der Waals surface area contributed by atoms with Gasteiger partial charge in [-0.2, -0.15) is 0 Å². The van der Waals surface area contributed by atoms with E-state index in [4.69, 9.17) is 9.47 Å². The van der Waals surface area contributed by atoms with Gasteiger partial charge in [0.25, 0.3) is 0 Å². The summed E-state index contributed by atoms with van der Waals surface area (Å²) < 4.78 is 11.0. The van der Waals surface area contributed by atoms with Gasteiger partial charge in [-0.05, 0) is 32.1 Å². The Morgan fingerprint density at radius 3 is 2.58 bits per heavy atom. The smallest absolute Gasteiger partial charge is 0.157 e. The van der Waals surface area contributed by atoms with Crippen molar-refractivity contribution in [3.05, 3.63) is 24.8 Å². The van der Waals surface area contributed by atoms with E-state index in [0.29, 0.717) is 19.4 Å². The average Bonchev–Trinajstić information content (AvgIpc) is 2.47. The Balaban J connectivity index is 2.25. The molecule has 1 aliphatic rings. The van der Waals surface area contributed by atoms with Gasteiger partial charge in [0.15, 0.2) is 6.29 Å². The summed E-state index contributed by atoms with van der Waals surface area (Å²) in [4.78, 5) is 0. The summed E-state index contributed by atoms with van der Waals surface area (Å²) in [6.45, 7) is 4.85. The molecule has 0 radical (unpaired) electrons.